The lowest BCUT2D eigenvalue weighted by atomic mass is 10.0. The average Bonchev–Trinajstić information content (AvgIpc) is 2.82. The molecule has 1 heterocycles. The summed E-state index contributed by atoms with van der Waals surface area (Å²) in [5, 5.41) is 3.05. The van der Waals surface area contributed by atoms with Gasteiger partial charge in [0.15, 0.2) is 11.5 Å². The van der Waals surface area contributed by atoms with E-state index in [0.29, 0.717) is 43.0 Å². The Kier molecular flexibility index (Phi) is 7.54. The molecule has 1 saturated heterocycles. The third kappa shape index (κ3) is 5.78. The van der Waals surface area contributed by atoms with Crippen LogP contribution in [0.3, 0.4) is 0 Å². The molecule has 0 atom stereocenters. The number of benzene rings is 2. The Morgan fingerprint density at radius 3 is 2.39 bits per heavy atom. The van der Waals surface area contributed by atoms with Gasteiger partial charge >= 0.3 is 0 Å². The number of rotatable bonds is 7. The van der Waals surface area contributed by atoms with Crippen LogP contribution in [-0.2, 0) is 4.79 Å². The molecule has 31 heavy (non-hydrogen) atoms. The van der Waals surface area contributed by atoms with Crippen molar-refractivity contribution >= 4 is 17.9 Å². The molecule has 2 amide bonds. The van der Waals surface area contributed by atoms with E-state index < -0.39 is 0 Å². The van der Waals surface area contributed by atoms with Crippen LogP contribution in [0.1, 0.15) is 28.8 Å². The molecule has 1 N–H and O–H groups in total. The first-order valence-corrected chi connectivity index (χ1v) is 10.2. The lowest BCUT2D eigenvalue weighted by Crippen LogP contribution is -2.46. The van der Waals surface area contributed by atoms with Gasteiger partial charge in [-0.1, -0.05) is 12.1 Å². The van der Waals surface area contributed by atoms with Crippen LogP contribution < -0.4 is 19.5 Å². The molecule has 3 rings (SSSR count). The van der Waals surface area contributed by atoms with E-state index in [0.717, 1.165) is 11.3 Å². The summed E-state index contributed by atoms with van der Waals surface area (Å²) >= 11 is 0. The van der Waals surface area contributed by atoms with Gasteiger partial charge in [0, 0.05) is 30.8 Å². The number of hydrogen-bond acceptors (Lipinski definition) is 5. The van der Waals surface area contributed by atoms with Crippen molar-refractivity contribution in [2.45, 2.75) is 18.9 Å². The summed E-state index contributed by atoms with van der Waals surface area (Å²) in [5.41, 5.74) is 1.42. The summed E-state index contributed by atoms with van der Waals surface area (Å²) in [5.74, 6) is 1.64. The van der Waals surface area contributed by atoms with Crippen LogP contribution in [-0.4, -0.2) is 57.2 Å². The number of nitrogens with one attached hydrogen (secondary N) is 1. The van der Waals surface area contributed by atoms with E-state index in [2.05, 4.69) is 5.32 Å². The molecule has 7 nitrogen and oxygen atoms in total. The van der Waals surface area contributed by atoms with Crippen molar-refractivity contribution in [1.29, 1.82) is 0 Å². The van der Waals surface area contributed by atoms with Gasteiger partial charge in [0.05, 0.1) is 21.3 Å². The molecule has 1 aliphatic heterocycles. The van der Waals surface area contributed by atoms with Crippen LogP contribution >= 0.6 is 0 Å². The van der Waals surface area contributed by atoms with E-state index >= 15 is 0 Å². The van der Waals surface area contributed by atoms with Gasteiger partial charge in [0.25, 0.3) is 5.91 Å². The zero-order valence-electron chi connectivity index (χ0n) is 18.1. The minimum atomic E-state index is -0.163. The van der Waals surface area contributed by atoms with Gasteiger partial charge in [-0.2, -0.15) is 0 Å². The van der Waals surface area contributed by atoms with Crippen molar-refractivity contribution in [3.8, 4) is 17.2 Å². The molecule has 0 saturated carbocycles. The van der Waals surface area contributed by atoms with E-state index in [-0.39, 0.29) is 17.9 Å². The molecule has 164 valence electrons. The highest BCUT2D eigenvalue weighted by molar-refractivity contribution is 5.95. The molecule has 0 aliphatic carbocycles. The van der Waals surface area contributed by atoms with Crippen LogP contribution in [0.15, 0.2) is 48.5 Å². The first kappa shape index (κ1) is 22.2. The largest absolute Gasteiger partial charge is 0.497 e. The second-order valence-corrected chi connectivity index (χ2v) is 7.25. The molecule has 1 fully saturated rings. The van der Waals surface area contributed by atoms with Crippen LogP contribution in [0.4, 0.5) is 0 Å². The molecule has 1 aliphatic rings. The number of hydrogen-bond donors (Lipinski definition) is 1. The first-order chi connectivity index (χ1) is 15.0. The maximum absolute atomic E-state index is 12.6. The standard InChI is InChI=1S/C24H28N2O5/c1-29-20-6-4-5-17(15-20)7-10-23(27)26-13-11-19(12-14-26)25-24(28)18-8-9-21(30-2)22(16-18)31-3/h4-10,15-16,19H,11-14H2,1-3H3,(H,25,28)/b10-7+. The summed E-state index contributed by atoms with van der Waals surface area (Å²) in [7, 11) is 4.70. The summed E-state index contributed by atoms with van der Waals surface area (Å²) in [6, 6.07) is 12.6. The zero-order chi connectivity index (χ0) is 22.2. The highest BCUT2D eigenvalue weighted by Gasteiger charge is 2.23. The van der Waals surface area contributed by atoms with Crippen LogP contribution in [0.25, 0.3) is 6.08 Å². The normalized spacial score (nSPS) is 14.4. The molecule has 2 aromatic rings. The van der Waals surface area contributed by atoms with Crippen molar-refractivity contribution in [3.63, 3.8) is 0 Å². The zero-order valence-corrected chi connectivity index (χ0v) is 18.1. The SMILES string of the molecule is COc1cccc(/C=C/C(=O)N2CCC(NC(=O)c3ccc(OC)c(OC)c3)CC2)c1. The number of likely N-dealkylation sites (tertiary alicyclic amines) is 1. The fourth-order valence-electron chi connectivity index (χ4n) is 3.51. The maximum atomic E-state index is 12.6. The highest BCUT2D eigenvalue weighted by atomic mass is 16.5. The van der Waals surface area contributed by atoms with E-state index in [1.165, 1.54) is 7.11 Å². The second kappa shape index (κ2) is 10.5. The maximum Gasteiger partial charge on any atom is 0.251 e. The average molecular weight is 424 g/mol. The van der Waals surface area contributed by atoms with Crippen LogP contribution in [0.5, 0.6) is 17.2 Å². The van der Waals surface area contributed by atoms with E-state index in [4.69, 9.17) is 14.2 Å². The number of ether oxygens (including phenoxy) is 3. The molecule has 2 aromatic carbocycles. The predicted molar refractivity (Wildman–Crippen MR) is 119 cm³/mol. The lowest BCUT2D eigenvalue weighted by Gasteiger charge is -2.31. The predicted octanol–water partition coefficient (Wildman–Crippen LogP) is 3.15. The van der Waals surface area contributed by atoms with Gasteiger partial charge in [0.1, 0.15) is 5.75 Å². The number of carbonyl (C=O) groups is 2. The Hall–Kier alpha value is -3.48. The monoisotopic (exact) mass is 424 g/mol. The van der Waals surface area contributed by atoms with Gasteiger partial charge < -0.3 is 24.4 Å². The minimum absolute atomic E-state index is 0.0204. The first-order valence-electron chi connectivity index (χ1n) is 10.2. The molecule has 0 bridgehead atoms. The van der Waals surface area contributed by atoms with Crippen molar-refractivity contribution < 1.29 is 23.8 Å². The Balaban J connectivity index is 1.51. The molecule has 0 aromatic heterocycles. The Labute approximate surface area is 182 Å². The number of nitrogens with zero attached hydrogens (tertiary/aromatic N) is 1. The summed E-state index contributed by atoms with van der Waals surface area (Å²) in [6.45, 7) is 1.19. The fraction of sp³-hybridized carbons (Fsp3) is 0.333. The van der Waals surface area contributed by atoms with E-state index in [9.17, 15) is 9.59 Å². The molecule has 0 spiro atoms. The summed E-state index contributed by atoms with van der Waals surface area (Å²) in [6.07, 6.45) is 4.78. The number of carbonyl (C=O) groups excluding carboxylic acids is 2. The fourth-order valence-corrected chi connectivity index (χ4v) is 3.51. The van der Waals surface area contributed by atoms with Crippen LogP contribution in [0.2, 0.25) is 0 Å². The van der Waals surface area contributed by atoms with Crippen molar-refractivity contribution in [1.82, 2.24) is 10.2 Å². The Bertz CT molecular complexity index is 949. The Morgan fingerprint density at radius 1 is 0.968 bits per heavy atom. The molecule has 7 heteroatoms. The topological polar surface area (TPSA) is 77.1 Å². The number of methoxy groups -OCH3 is 3. The van der Waals surface area contributed by atoms with Gasteiger partial charge in [-0.05, 0) is 54.8 Å². The van der Waals surface area contributed by atoms with Crippen molar-refractivity contribution in [2.24, 2.45) is 0 Å². The third-order valence-corrected chi connectivity index (χ3v) is 5.30. The molecule has 0 radical (unpaired) electrons. The minimum Gasteiger partial charge on any atom is -0.497 e. The van der Waals surface area contributed by atoms with E-state index in [1.54, 1.807) is 49.5 Å². The summed E-state index contributed by atoms with van der Waals surface area (Å²) < 4.78 is 15.7. The van der Waals surface area contributed by atoms with E-state index in [1.807, 2.05) is 24.3 Å². The number of amides is 2. The number of piperidine rings is 1. The van der Waals surface area contributed by atoms with Gasteiger partial charge in [-0.15, -0.1) is 0 Å². The quantitative estimate of drug-likeness (QED) is 0.691. The summed E-state index contributed by atoms with van der Waals surface area (Å²) in [4.78, 5) is 26.9. The highest BCUT2D eigenvalue weighted by Crippen LogP contribution is 2.27. The molecular weight excluding hydrogens is 396 g/mol. The Morgan fingerprint density at radius 2 is 1.71 bits per heavy atom. The lowest BCUT2D eigenvalue weighted by molar-refractivity contribution is -0.126. The van der Waals surface area contributed by atoms with Crippen LogP contribution in [0, 0.1) is 0 Å². The second-order valence-electron chi connectivity index (χ2n) is 7.25. The third-order valence-electron chi connectivity index (χ3n) is 5.30. The van der Waals surface area contributed by atoms with Gasteiger partial charge in [-0.3, -0.25) is 9.59 Å². The van der Waals surface area contributed by atoms with Gasteiger partial charge in [0.2, 0.25) is 5.91 Å². The van der Waals surface area contributed by atoms with Crippen molar-refractivity contribution in [2.75, 3.05) is 34.4 Å². The van der Waals surface area contributed by atoms with Gasteiger partial charge in [-0.25, -0.2) is 0 Å². The smallest absolute Gasteiger partial charge is 0.251 e. The molecule has 0 unspecified atom stereocenters. The molecular formula is C24H28N2O5. The van der Waals surface area contributed by atoms with Crippen molar-refractivity contribution in [3.05, 3.63) is 59.7 Å².